The highest BCUT2D eigenvalue weighted by molar-refractivity contribution is 9.10. The smallest absolute Gasteiger partial charge is 0.283 e. The first kappa shape index (κ1) is 16.1. The van der Waals surface area contributed by atoms with Crippen molar-refractivity contribution in [2.45, 2.75) is 17.9 Å². The van der Waals surface area contributed by atoms with Gasteiger partial charge < -0.3 is 13.3 Å². The van der Waals surface area contributed by atoms with Crippen LogP contribution in [0.15, 0.2) is 59.5 Å². The molecule has 9 heteroatoms. The van der Waals surface area contributed by atoms with Crippen molar-refractivity contribution in [3.8, 4) is 23.1 Å². The molecule has 25 heavy (non-hydrogen) atoms. The molecule has 7 nitrogen and oxygen atoms in total. The van der Waals surface area contributed by atoms with Gasteiger partial charge in [-0.2, -0.15) is 0 Å². The highest BCUT2D eigenvalue weighted by Gasteiger charge is 2.15. The average molecular weight is 419 g/mol. The van der Waals surface area contributed by atoms with E-state index >= 15 is 0 Å². The van der Waals surface area contributed by atoms with Crippen molar-refractivity contribution >= 4 is 27.7 Å². The summed E-state index contributed by atoms with van der Waals surface area (Å²) in [6.45, 7) is 2.00. The van der Waals surface area contributed by atoms with E-state index in [0.717, 1.165) is 11.1 Å². The molecule has 0 N–H and O–H groups in total. The summed E-state index contributed by atoms with van der Waals surface area (Å²) in [7, 11) is 0. The Balaban J connectivity index is 1.44. The zero-order valence-corrected chi connectivity index (χ0v) is 15.4. The van der Waals surface area contributed by atoms with Crippen LogP contribution < -0.4 is 0 Å². The molecule has 0 atom stereocenters. The summed E-state index contributed by atoms with van der Waals surface area (Å²) in [6, 6.07) is 11.4. The molecule has 0 aliphatic carbocycles. The van der Waals surface area contributed by atoms with E-state index in [1.54, 1.807) is 12.1 Å². The number of rotatable bonds is 5. The maximum atomic E-state index is 5.69. The van der Waals surface area contributed by atoms with Crippen molar-refractivity contribution in [3.63, 3.8) is 0 Å². The summed E-state index contributed by atoms with van der Waals surface area (Å²) in [5.41, 5.74) is 2.00. The summed E-state index contributed by atoms with van der Waals surface area (Å²) in [5.74, 6) is 2.20. The maximum Gasteiger partial charge on any atom is 0.283 e. The quantitative estimate of drug-likeness (QED) is 0.429. The van der Waals surface area contributed by atoms with Crippen LogP contribution in [0.2, 0.25) is 0 Å². The van der Waals surface area contributed by atoms with Crippen LogP contribution in [0.4, 0.5) is 0 Å². The molecule has 3 aromatic heterocycles. The fourth-order valence-electron chi connectivity index (χ4n) is 2.15. The number of hydrogen-bond acceptors (Lipinski definition) is 8. The summed E-state index contributed by atoms with van der Waals surface area (Å²) in [5, 5.41) is 16.5. The van der Waals surface area contributed by atoms with Gasteiger partial charge in [-0.25, -0.2) is 0 Å². The summed E-state index contributed by atoms with van der Waals surface area (Å²) in [6.07, 6.45) is 0. The molecule has 0 saturated carbocycles. The second kappa shape index (κ2) is 6.85. The van der Waals surface area contributed by atoms with E-state index in [0.29, 0.717) is 39.1 Å². The first-order valence-corrected chi connectivity index (χ1v) is 9.07. The predicted molar refractivity (Wildman–Crippen MR) is 93.7 cm³/mol. The number of halogens is 1. The molecule has 0 bridgehead atoms. The first-order valence-electron chi connectivity index (χ1n) is 7.29. The average Bonchev–Trinajstić information content (AvgIpc) is 3.33. The summed E-state index contributed by atoms with van der Waals surface area (Å²) >= 11 is 4.57. The Bertz CT molecular complexity index is 1010. The van der Waals surface area contributed by atoms with E-state index in [1.165, 1.54) is 11.8 Å². The minimum Gasteiger partial charge on any atom is -0.444 e. The van der Waals surface area contributed by atoms with Gasteiger partial charge in [-0.3, -0.25) is 0 Å². The van der Waals surface area contributed by atoms with E-state index in [4.69, 9.17) is 13.3 Å². The molecule has 0 saturated heterocycles. The van der Waals surface area contributed by atoms with Gasteiger partial charge >= 0.3 is 0 Å². The molecule has 4 rings (SSSR count). The molecule has 1 aromatic carbocycles. The Kier molecular flexibility index (Phi) is 4.41. The second-order valence-corrected chi connectivity index (χ2v) is 6.79. The molecule has 0 aliphatic rings. The zero-order chi connectivity index (χ0) is 17.2. The van der Waals surface area contributed by atoms with Gasteiger partial charge in [0.05, 0.1) is 5.75 Å². The molecular weight excluding hydrogens is 408 g/mol. The van der Waals surface area contributed by atoms with Crippen LogP contribution in [0, 0.1) is 6.92 Å². The maximum absolute atomic E-state index is 5.69. The molecule has 0 spiro atoms. The van der Waals surface area contributed by atoms with Crippen molar-refractivity contribution in [3.05, 3.63) is 52.5 Å². The number of aryl methyl sites for hydroxylation is 1. The lowest BCUT2D eigenvalue weighted by atomic mass is 10.1. The van der Waals surface area contributed by atoms with Crippen LogP contribution >= 0.6 is 27.7 Å². The molecular formula is C16H11BrN4O3S. The lowest BCUT2D eigenvalue weighted by molar-refractivity contribution is 0.463. The number of hydrogen-bond donors (Lipinski definition) is 0. The minimum absolute atomic E-state index is 0.326. The first-order chi connectivity index (χ1) is 12.2. The van der Waals surface area contributed by atoms with Crippen molar-refractivity contribution < 1.29 is 13.3 Å². The molecule has 4 aromatic rings. The molecule has 3 heterocycles. The zero-order valence-electron chi connectivity index (χ0n) is 13.0. The number of benzene rings is 1. The van der Waals surface area contributed by atoms with E-state index < -0.39 is 0 Å². The Morgan fingerprint density at radius 3 is 2.56 bits per heavy atom. The number of furan rings is 1. The van der Waals surface area contributed by atoms with Gasteiger partial charge in [-0.15, -0.1) is 20.4 Å². The van der Waals surface area contributed by atoms with Gasteiger partial charge in [-0.1, -0.05) is 30.0 Å². The Labute approximate surface area is 155 Å². The van der Waals surface area contributed by atoms with Crippen LogP contribution in [-0.2, 0) is 5.75 Å². The molecule has 126 valence electrons. The van der Waals surface area contributed by atoms with Crippen molar-refractivity contribution in [2.24, 2.45) is 0 Å². The van der Waals surface area contributed by atoms with Crippen LogP contribution in [0.3, 0.4) is 0 Å². The van der Waals surface area contributed by atoms with E-state index in [-0.39, 0.29) is 0 Å². The predicted octanol–water partition coefficient (Wildman–Crippen LogP) is 4.74. The number of aromatic nitrogens is 4. The Hall–Kier alpha value is -2.39. The van der Waals surface area contributed by atoms with Gasteiger partial charge in [-0.05, 0) is 46.6 Å². The third kappa shape index (κ3) is 3.52. The van der Waals surface area contributed by atoms with Gasteiger partial charge in [0.25, 0.3) is 11.1 Å². The number of nitrogens with zero attached hydrogens (tertiary/aromatic N) is 4. The molecule has 0 radical (unpaired) electrons. The van der Waals surface area contributed by atoms with Crippen LogP contribution in [0.1, 0.15) is 11.5 Å². The molecule has 0 fully saturated rings. The van der Waals surface area contributed by atoms with Gasteiger partial charge in [0, 0.05) is 5.56 Å². The SMILES string of the molecule is Cc1ccccc1-c1nnc(SCc2nnc(-c3ccc(Br)o3)o2)o1. The highest BCUT2D eigenvalue weighted by atomic mass is 79.9. The van der Waals surface area contributed by atoms with Crippen LogP contribution in [0.25, 0.3) is 23.1 Å². The van der Waals surface area contributed by atoms with Gasteiger partial charge in [0.15, 0.2) is 10.4 Å². The monoisotopic (exact) mass is 418 g/mol. The van der Waals surface area contributed by atoms with Crippen molar-refractivity contribution in [2.75, 3.05) is 0 Å². The third-order valence-electron chi connectivity index (χ3n) is 3.35. The van der Waals surface area contributed by atoms with Crippen molar-refractivity contribution in [1.82, 2.24) is 20.4 Å². The normalized spacial score (nSPS) is 11.1. The summed E-state index contributed by atoms with van der Waals surface area (Å²) < 4.78 is 17.2. The molecule has 0 unspecified atom stereocenters. The molecule has 0 amide bonds. The Morgan fingerprint density at radius 2 is 1.76 bits per heavy atom. The standard InChI is InChI=1S/C16H11BrN4O3S/c1-9-4-2-3-5-10(9)14-19-21-16(24-14)25-8-13-18-20-15(23-13)11-6-7-12(17)22-11/h2-7H,8H2,1H3. The second-order valence-electron chi connectivity index (χ2n) is 5.08. The fourth-order valence-corrected chi connectivity index (χ4v) is 3.06. The minimum atomic E-state index is 0.326. The third-order valence-corrected chi connectivity index (χ3v) is 4.58. The fraction of sp³-hybridized carbons (Fsp3) is 0.125. The van der Waals surface area contributed by atoms with E-state index in [1.807, 2.05) is 31.2 Å². The van der Waals surface area contributed by atoms with E-state index in [2.05, 4.69) is 36.3 Å². The largest absolute Gasteiger partial charge is 0.444 e. The number of thioether (sulfide) groups is 1. The summed E-state index contributed by atoms with van der Waals surface area (Å²) in [4.78, 5) is 0. The highest BCUT2D eigenvalue weighted by Crippen LogP contribution is 2.28. The Morgan fingerprint density at radius 1 is 0.920 bits per heavy atom. The van der Waals surface area contributed by atoms with Crippen LogP contribution in [0.5, 0.6) is 0 Å². The molecule has 0 aliphatic heterocycles. The topological polar surface area (TPSA) is 91.0 Å². The van der Waals surface area contributed by atoms with Crippen LogP contribution in [-0.4, -0.2) is 20.4 Å². The lowest BCUT2D eigenvalue weighted by Gasteiger charge is -1.98. The van der Waals surface area contributed by atoms with Gasteiger partial charge in [0.1, 0.15) is 0 Å². The van der Waals surface area contributed by atoms with Gasteiger partial charge in [0.2, 0.25) is 11.8 Å². The van der Waals surface area contributed by atoms with Crippen molar-refractivity contribution in [1.29, 1.82) is 0 Å². The lowest BCUT2D eigenvalue weighted by Crippen LogP contribution is -1.81. The van der Waals surface area contributed by atoms with E-state index in [9.17, 15) is 0 Å².